The van der Waals surface area contributed by atoms with Gasteiger partial charge in [0.25, 0.3) is 0 Å². The summed E-state index contributed by atoms with van der Waals surface area (Å²) in [5, 5.41) is 3.23. The molecule has 0 saturated carbocycles. The van der Waals surface area contributed by atoms with Gasteiger partial charge >= 0.3 is 0 Å². The third-order valence-electron chi connectivity index (χ3n) is 2.46. The Labute approximate surface area is 101 Å². The van der Waals surface area contributed by atoms with Crippen LogP contribution in [0.5, 0.6) is 0 Å². The van der Waals surface area contributed by atoms with Crippen molar-refractivity contribution in [3.8, 4) is 0 Å². The van der Waals surface area contributed by atoms with Crippen LogP contribution >= 0.6 is 0 Å². The molecule has 0 aliphatic heterocycles. The fraction of sp³-hybridized carbons (Fsp3) is 0.143. The second-order valence-electron chi connectivity index (χ2n) is 3.82. The molecule has 0 spiro atoms. The second kappa shape index (κ2) is 5.25. The van der Waals surface area contributed by atoms with E-state index in [1.807, 2.05) is 49.4 Å². The average Bonchev–Trinajstić information content (AvgIpc) is 2.34. The Hall–Kier alpha value is -2.16. The highest BCUT2D eigenvalue weighted by Gasteiger charge is 2.04. The maximum Gasteiger partial charge on any atom is 0.134 e. The van der Waals surface area contributed by atoms with Crippen LogP contribution in [0.15, 0.2) is 42.5 Å². The van der Waals surface area contributed by atoms with Crippen LogP contribution in [-0.4, -0.2) is 11.3 Å². The van der Waals surface area contributed by atoms with Crippen molar-refractivity contribution >= 4 is 17.8 Å². The minimum absolute atomic E-state index is 0.377. The van der Waals surface area contributed by atoms with Gasteiger partial charge in [0.2, 0.25) is 0 Å². The molecule has 1 aromatic carbocycles. The molecule has 1 aromatic heterocycles. The molecule has 17 heavy (non-hydrogen) atoms. The predicted octanol–water partition coefficient (Wildman–Crippen LogP) is 2.88. The van der Waals surface area contributed by atoms with Gasteiger partial charge in [-0.15, -0.1) is 0 Å². The molecule has 3 heteroatoms. The molecular formula is C14H14N2O. The number of aldehydes is 1. The summed E-state index contributed by atoms with van der Waals surface area (Å²) in [5.74, 6) is 0.753. The van der Waals surface area contributed by atoms with Crippen molar-refractivity contribution in [2.24, 2.45) is 0 Å². The lowest BCUT2D eigenvalue weighted by Gasteiger charge is -2.10. The molecular weight excluding hydrogens is 212 g/mol. The number of aryl methyl sites for hydroxylation is 1. The van der Waals surface area contributed by atoms with E-state index in [4.69, 9.17) is 0 Å². The standard InChI is InChI=1S/C14H14N2O/c1-11-7-8-12(9-10-17)14(15-11)16-13-5-3-2-4-6-13/h2-8,10H,9H2,1H3,(H,15,16). The summed E-state index contributed by atoms with van der Waals surface area (Å²) < 4.78 is 0. The fourth-order valence-electron chi connectivity index (χ4n) is 1.61. The van der Waals surface area contributed by atoms with Crippen LogP contribution < -0.4 is 5.32 Å². The lowest BCUT2D eigenvalue weighted by Crippen LogP contribution is -2.00. The number of carbonyl (C=O) groups excluding carboxylic acids is 1. The van der Waals surface area contributed by atoms with Crippen molar-refractivity contribution in [2.45, 2.75) is 13.3 Å². The zero-order valence-electron chi connectivity index (χ0n) is 9.68. The largest absolute Gasteiger partial charge is 0.340 e. The molecule has 86 valence electrons. The summed E-state index contributed by atoms with van der Waals surface area (Å²) in [6.45, 7) is 1.93. The number of para-hydroxylation sites is 1. The van der Waals surface area contributed by atoms with E-state index in [0.29, 0.717) is 6.42 Å². The van der Waals surface area contributed by atoms with E-state index in [-0.39, 0.29) is 0 Å². The number of benzene rings is 1. The lowest BCUT2D eigenvalue weighted by atomic mass is 10.2. The topological polar surface area (TPSA) is 42.0 Å². The summed E-state index contributed by atoms with van der Waals surface area (Å²) in [6.07, 6.45) is 1.27. The van der Waals surface area contributed by atoms with Gasteiger partial charge in [0.05, 0.1) is 0 Å². The number of rotatable bonds is 4. The summed E-state index contributed by atoms with van der Waals surface area (Å²) in [4.78, 5) is 15.0. The Morgan fingerprint density at radius 2 is 1.94 bits per heavy atom. The van der Waals surface area contributed by atoms with E-state index in [2.05, 4.69) is 10.3 Å². The number of aromatic nitrogens is 1. The van der Waals surface area contributed by atoms with E-state index < -0.39 is 0 Å². The fourth-order valence-corrected chi connectivity index (χ4v) is 1.61. The Balaban J connectivity index is 2.30. The maximum atomic E-state index is 10.6. The third-order valence-corrected chi connectivity index (χ3v) is 2.46. The van der Waals surface area contributed by atoms with Crippen molar-refractivity contribution in [3.63, 3.8) is 0 Å². The van der Waals surface area contributed by atoms with Crippen molar-refractivity contribution in [1.29, 1.82) is 0 Å². The molecule has 0 fully saturated rings. The molecule has 0 atom stereocenters. The summed E-state index contributed by atoms with van der Waals surface area (Å²) in [5.41, 5.74) is 2.81. The van der Waals surface area contributed by atoms with Gasteiger partial charge in [-0.05, 0) is 25.1 Å². The molecule has 1 N–H and O–H groups in total. The smallest absolute Gasteiger partial charge is 0.134 e. The highest BCUT2D eigenvalue weighted by molar-refractivity contribution is 5.65. The molecule has 2 aromatic rings. The zero-order valence-corrected chi connectivity index (χ0v) is 9.68. The van der Waals surface area contributed by atoms with Crippen LogP contribution in [0.25, 0.3) is 0 Å². The van der Waals surface area contributed by atoms with E-state index in [9.17, 15) is 4.79 Å². The Bertz CT molecular complexity index is 509. The van der Waals surface area contributed by atoms with Crippen molar-refractivity contribution in [1.82, 2.24) is 4.98 Å². The number of carbonyl (C=O) groups is 1. The van der Waals surface area contributed by atoms with E-state index in [1.54, 1.807) is 0 Å². The minimum Gasteiger partial charge on any atom is -0.340 e. The van der Waals surface area contributed by atoms with Crippen LogP contribution in [-0.2, 0) is 11.2 Å². The van der Waals surface area contributed by atoms with Gasteiger partial charge in [-0.1, -0.05) is 24.3 Å². The lowest BCUT2D eigenvalue weighted by molar-refractivity contribution is -0.107. The quantitative estimate of drug-likeness (QED) is 0.815. The molecule has 0 radical (unpaired) electrons. The summed E-state index contributed by atoms with van der Waals surface area (Å²) >= 11 is 0. The van der Waals surface area contributed by atoms with Crippen LogP contribution in [0.3, 0.4) is 0 Å². The molecule has 0 bridgehead atoms. The first kappa shape index (κ1) is 11.3. The van der Waals surface area contributed by atoms with Crippen LogP contribution in [0.1, 0.15) is 11.3 Å². The molecule has 1 heterocycles. The number of hydrogen-bond acceptors (Lipinski definition) is 3. The highest BCUT2D eigenvalue weighted by Crippen LogP contribution is 2.19. The maximum absolute atomic E-state index is 10.6. The molecule has 0 amide bonds. The monoisotopic (exact) mass is 226 g/mol. The Morgan fingerprint density at radius 1 is 1.18 bits per heavy atom. The van der Waals surface area contributed by atoms with Gasteiger partial charge in [0, 0.05) is 23.4 Å². The summed E-state index contributed by atoms with van der Waals surface area (Å²) in [7, 11) is 0. The van der Waals surface area contributed by atoms with Gasteiger partial charge in [0.1, 0.15) is 12.1 Å². The first-order valence-electron chi connectivity index (χ1n) is 5.52. The number of nitrogens with one attached hydrogen (secondary N) is 1. The molecule has 0 unspecified atom stereocenters. The number of nitrogens with zero attached hydrogens (tertiary/aromatic N) is 1. The van der Waals surface area contributed by atoms with Crippen LogP contribution in [0.2, 0.25) is 0 Å². The predicted molar refractivity (Wildman–Crippen MR) is 68.5 cm³/mol. The summed E-state index contributed by atoms with van der Waals surface area (Å²) in [6, 6.07) is 13.6. The van der Waals surface area contributed by atoms with E-state index >= 15 is 0 Å². The Morgan fingerprint density at radius 3 is 2.65 bits per heavy atom. The first-order chi connectivity index (χ1) is 8.29. The SMILES string of the molecule is Cc1ccc(CC=O)c(Nc2ccccc2)n1. The molecule has 2 rings (SSSR count). The number of pyridine rings is 1. The molecule has 0 aliphatic rings. The number of hydrogen-bond donors (Lipinski definition) is 1. The highest BCUT2D eigenvalue weighted by atomic mass is 16.1. The number of anilines is 2. The normalized spacial score (nSPS) is 9.94. The van der Waals surface area contributed by atoms with E-state index in [1.165, 1.54) is 0 Å². The van der Waals surface area contributed by atoms with Gasteiger partial charge < -0.3 is 10.1 Å². The van der Waals surface area contributed by atoms with Gasteiger partial charge in [-0.2, -0.15) is 0 Å². The van der Waals surface area contributed by atoms with Gasteiger partial charge in [0.15, 0.2) is 0 Å². The molecule has 3 nitrogen and oxygen atoms in total. The van der Waals surface area contributed by atoms with Crippen LogP contribution in [0, 0.1) is 6.92 Å². The molecule has 0 aliphatic carbocycles. The first-order valence-corrected chi connectivity index (χ1v) is 5.52. The third kappa shape index (κ3) is 2.91. The van der Waals surface area contributed by atoms with Crippen molar-refractivity contribution in [3.05, 3.63) is 53.7 Å². The second-order valence-corrected chi connectivity index (χ2v) is 3.82. The van der Waals surface area contributed by atoms with Crippen LogP contribution in [0.4, 0.5) is 11.5 Å². The van der Waals surface area contributed by atoms with Crippen molar-refractivity contribution < 1.29 is 4.79 Å². The minimum atomic E-state index is 0.377. The van der Waals surface area contributed by atoms with Crippen molar-refractivity contribution in [2.75, 3.05) is 5.32 Å². The van der Waals surface area contributed by atoms with Gasteiger partial charge in [-0.3, -0.25) is 0 Å². The molecule has 0 saturated heterocycles. The van der Waals surface area contributed by atoms with E-state index in [0.717, 1.165) is 29.0 Å². The average molecular weight is 226 g/mol. The Kier molecular flexibility index (Phi) is 3.50. The zero-order chi connectivity index (χ0) is 12.1. The van der Waals surface area contributed by atoms with Gasteiger partial charge in [-0.25, -0.2) is 4.98 Å².